The van der Waals surface area contributed by atoms with Crippen LogP contribution in [0.25, 0.3) is 0 Å². The van der Waals surface area contributed by atoms with Gasteiger partial charge in [-0.2, -0.15) is 0 Å². The average Bonchev–Trinajstić information content (AvgIpc) is 2.94. The molecule has 3 rings (SSSR count). The highest BCUT2D eigenvalue weighted by atomic mass is 16.2. The van der Waals surface area contributed by atoms with E-state index in [1.807, 2.05) is 24.3 Å². The fourth-order valence-electron chi connectivity index (χ4n) is 3.87. The van der Waals surface area contributed by atoms with E-state index < -0.39 is 0 Å². The van der Waals surface area contributed by atoms with Gasteiger partial charge in [0.2, 0.25) is 5.91 Å². The van der Waals surface area contributed by atoms with Gasteiger partial charge >= 0.3 is 0 Å². The van der Waals surface area contributed by atoms with E-state index in [1.54, 1.807) is 0 Å². The number of nitrogen functional groups attached to an aromatic ring is 1. The Morgan fingerprint density at radius 2 is 2.14 bits per heavy atom. The molecular formula is C17H25N3O. The molecule has 1 saturated carbocycles. The third-order valence-electron chi connectivity index (χ3n) is 5.17. The minimum absolute atomic E-state index is 0.140. The van der Waals surface area contributed by atoms with Crippen LogP contribution in [0.3, 0.4) is 0 Å². The van der Waals surface area contributed by atoms with Crippen molar-refractivity contribution in [2.75, 3.05) is 25.4 Å². The maximum Gasteiger partial charge on any atom is 0.227 e. The number of nitrogens with two attached hydrogens (primary N) is 1. The van der Waals surface area contributed by atoms with Crippen LogP contribution in [-0.4, -0.2) is 25.5 Å². The van der Waals surface area contributed by atoms with Crippen molar-refractivity contribution in [3.8, 4) is 0 Å². The maximum absolute atomic E-state index is 12.7. The summed E-state index contributed by atoms with van der Waals surface area (Å²) in [7, 11) is 0. The van der Waals surface area contributed by atoms with E-state index in [0.717, 1.165) is 31.6 Å². The lowest BCUT2D eigenvalue weighted by Crippen LogP contribution is -2.48. The fraction of sp³-hybridized carbons (Fsp3) is 0.588. The van der Waals surface area contributed by atoms with Crippen LogP contribution in [0.5, 0.6) is 0 Å². The summed E-state index contributed by atoms with van der Waals surface area (Å²) in [5.74, 6) is 0.787. The molecule has 114 valence electrons. The van der Waals surface area contributed by atoms with E-state index in [0.29, 0.717) is 12.5 Å². The molecule has 0 bridgehead atoms. The number of rotatable bonds is 4. The molecule has 4 N–H and O–H groups in total. The zero-order valence-corrected chi connectivity index (χ0v) is 12.5. The molecule has 21 heavy (non-hydrogen) atoms. The monoisotopic (exact) mass is 287 g/mol. The first-order valence-electron chi connectivity index (χ1n) is 8.04. The molecule has 4 nitrogen and oxygen atoms in total. The Morgan fingerprint density at radius 1 is 1.33 bits per heavy atom. The first-order valence-corrected chi connectivity index (χ1v) is 8.04. The van der Waals surface area contributed by atoms with E-state index in [2.05, 4.69) is 10.6 Å². The van der Waals surface area contributed by atoms with Crippen molar-refractivity contribution in [1.82, 2.24) is 10.6 Å². The maximum atomic E-state index is 12.7. The lowest BCUT2D eigenvalue weighted by Gasteiger charge is -2.37. The van der Waals surface area contributed by atoms with Gasteiger partial charge in [-0.15, -0.1) is 0 Å². The number of nitrogens with one attached hydrogen (secondary N) is 2. The van der Waals surface area contributed by atoms with Gasteiger partial charge in [0, 0.05) is 18.8 Å². The Kier molecular flexibility index (Phi) is 4.15. The molecule has 2 atom stereocenters. The summed E-state index contributed by atoms with van der Waals surface area (Å²) in [5.41, 5.74) is 7.54. The standard InChI is InChI=1S/C17H25N3O/c18-15-6-4-13(5-7-15)8-10-20-16(21)17-9-2-1-3-14(17)11-19-12-17/h4-7,14,19H,1-3,8-12,18H2,(H,20,21)/t14-,17+/m0/s1. The summed E-state index contributed by atoms with van der Waals surface area (Å²) in [4.78, 5) is 12.7. The Labute approximate surface area is 126 Å². The number of anilines is 1. The molecule has 1 aromatic carbocycles. The van der Waals surface area contributed by atoms with E-state index in [1.165, 1.54) is 24.8 Å². The first-order chi connectivity index (χ1) is 10.2. The van der Waals surface area contributed by atoms with Crippen LogP contribution in [-0.2, 0) is 11.2 Å². The highest BCUT2D eigenvalue weighted by Crippen LogP contribution is 2.43. The predicted molar refractivity (Wildman–Crippen MR) is 84.8 cm³/mol. The van der Waals surface area contributed by atoms with E-state index in [9.17, 15) is 4.79 Å². The molecule has 1 saturated heterocycles. The van der Waals surface area contributed by atoms with E-state index >= 15 is 0 Å². The Bertz CT molecular complexity index is 499. The first kappa shape index (κ1) is 14.4. The van der Waals surface area contributed by atoms with Crippen LogP contribution >= 0.6 is 0 Å². The van der Waals surface area contributed by atoms with Gasteiger partial charge in [-0.3, -0.25) is 4.79 Å². The van der Waals surface area contributed by atoms with Gasteiger partial charge in [-0.25, -0.2) is 0 Å². The van der Waals surface area contributed by atoms with E-state index in [4.69, 9.17) is 5.73 Å². The average molecular weight is 287 g/mol. The zero-order chi connectivity index (χ0) is 14.7. The molecule has 1 aromatic rings. The van der Waals surface area contributed by atoms with Crippen molar-refractivity contribution in [2.45, 2.75) is 32.1 Å². The summed E-state index contributed by atoms with van der Waals surface area (Å²) < 4.78 is 0. The van der Waals surface area contributed by atoms with Crippen molar-refractivity contribution in [3.05, 3.63) is 29.8 Å². The predicted octanol–water partition coefficient (Wildman–Crippen LogP) is 1.71. The molecule has 0 spiro atoms. The number of benzene rings is 1. The number of fused-ring (bicyclic) bond motifs is 1. The van der Waals surface area contributed by atoms with Crippen LogP contribution < -0.4 is 16.4 Å². The van der Waals surface area contributed by atoms with Crippen LogP contribution in [0.15, 0.2) is 24.3 Å². The lowest BCUT2D eigenvalue weighted by molar-refractivity contribution is -0.133. The highest BCUT2D eigenvalue weighted by molar-refractivity contribution is 5.83. The smallest absolute Gasteiger partial charge is 0.227 e. The largest absolute Gasteiger partial charge is 0.399 e. The van der Waals surface area contributed by atoms with Crippen molar-refractivity contribution >= 4 is 11.6 Å². The third kappa shape index (κ3) is 2.91. The van der Waals surface area contributed by atoms with Crippen LogP contribution in [0, 0.1) is 11.3 Å². The van der Waals surface area contributed by atoms with Crippen LogP contribution in [0.1, 0.15) is 31.2 Å². The van der Waals surface area contributed by atoms with Crippen LogP contribution in [0.2, 0.25) is 0 Å². The highest BCUT2D eigenvalue weighted by Gasteiger charge is 2.49. The van der Waals surface area contributed by atoms with Crippen molar-refractivity contribution in [2.24, 2.45) is 11.3 Å². The van der Waals surface area contributed by atoms with Crippen molar-refractivity contribution < 1.29 is 4.79 Å². The molecule has 1 amide bonds. The second-order valence-electron chi connectivity index (χ2n) is 6.48. The molecule has 2 fully saturated rings. The van der Waals surface area contributed by atoms with Gasteiger partial charge in [0.15, 0.2) is 0 Å². The molecule has 0 radical (unpaired) electrons. The summed E-state index contributed by atoms with van der Waals surface area (Å²) in [5, 5.41) is 6.59. The molecule has 1 heterocycles. The molecule has 4 heteroatoms. The summed E-state index contributed by atoms with van der Waals surface area (Å²) in [6, 6.07) is 7.88. The Morgan fingerprint density at radius 3 is 2.95 bits per heavy atom. The number of hydrogen-bond acceptors (Lipinski definition) is 3. The molecular weight excluding hydrogens is 262 g/mol. The normalized spacial score (nSPS) is 28.1. The molecule has 2 aliphatic rings. The van der Waals surface area contributed by atoms with E-state index in [-0.39, 0.29) is 11.3 Å². The van der Waals surface area contributed by atoms with Gasteiger partial charge in [0.05, 0.1) is 5.41 Å². The molecule has 0 unspecified atom stereocenters. The second-order valence-corrected chi connectivity index (χ2v) is 6.48. The van der Waals surface area contributed by atoms with Crippen molar-refractivity contribution in [1.29, 1.82) is 0 Å². The summed E-state index contributed by atoms with van der Waals surface area (Å²) in [6.07, 6.45) is 5.55. The van der Waals surface area contributed by atoms with Gasteiger partial charge in [0.25, 0.3) is 0 Å². The SMILES string of the molecule is Nc1ccc(CCNC(=O)[C@@]23CCCC[C@H]2CNC3)cc1. The topological polar surface area (TPSA) is 67.1 Å². The second kappa shape index (κ2) is 6.06. The number of amides is 1. The third-order valence-corrected chi connectivity index (χ3v) is 5.17. The minimum Gasteiger partial charge on any atom is -0.399 e. The van der Waals surface area contributed by atoms with Gasteiger partial charge in [-0.1, -0.05) is 25.0 Å². The van der Waals surface area contributed by atoms with Gasteiger partial charge in [-0.05, 0) is 49.4 Å². The fourth-order valence-corrected chi connectivity index (χ4v) is 3.87. The number of carbonyl (C=O) groups excluding carboxylic acids is 1. The zero-order valence-electron chi connectivity index (χ0n) is 12.5. The summed E-state index contributed by atoms with van der Waals surface area (Å²) >= 11 is 0. The minimum atomic E-state index is -0.140. The molecule has 1 aliphatic heterocycles. The Balaban J connectivity index is 1.55. The Hall–Kier alpha value is -1.55. The van der Waals surface area contributed by atoms with Crippen LogP contribution in [0.4, 0.5) is 5.69 Å². The number of carbonyl (C=O) groups is 1. The molecule has 1 aliphatic carbocycles. The van der Waals surface area contributed by atoms with Gasteiger partial charge in [0.1, 0.15) is 0 Å². The molecule has 0 aromatic heterocycles. The van der Waals surface area contributed by atoms with Gasteiger partial charge < -0.3 is 16.4 Å². The van der Waals surface area contributed by atoms with Crippen molar-refractivity contribution in [3.63, 3.8) is 0 Å². The summed E-state index contributed by atoms with van der Waals surface area (Å²) in [6.45, 7) is 2.56. The quantitative estimate of drug-likeness (QED) is 0.739. The number of hydrogen-bond donors (Lipinski definition) is 3. The lowest BCUT2D eigenvalue weighted by atomic mass is 9.67.